The summed E-state index contributed by atoms with van der Waals surface area (Å²) in [6, 6.07) is 7.61. The van der Waals surface area contributed by atoms with Crippen LogP contribution in [0.2, 0.25) is 5.02 Å². The summed E-state index contributed by atoms with van der Waals surface area (Å²) < 4.78 is 0. The molecule has 2 atom stereocenters. The smallest absolute Gasteiger partial charge is 0.0408 e. The molecule has 1 saturated carbocycles. The maximum absolute atomic E-state index is 6.03. The molecule has 3 rings (SSSR count). The van der Waals surface area contributed by atoms with Crippen molar-refractivity contribution in [3.63, 3.8) is 0 Å². The first-order chi connectivity index (χ1) is 8.20. The van der Waals surface area contributed by atoms with Crippen molar-refractivity contribution in [2.24, 2.45) is 5.92 Å². The van der Waals surface area contributed by atoms with E-state index in [2.05, 4.69) is 24.4 Å². The molecule has 0 amide bonds. The van der Waals surface area contributed by atoms with E-state index in [9.17, 15) is 0 Å². The van der Waals surface area contributed by atoms with Gasteiger partial charge in [0, 0.05) is 17.1 Å². The molecule has 0 saturated heterocycles. The van der Waals surface area contributed by atoms with Gasteiger partial charge in [-0.2, -0.15) is 0 Å². The van der Waals surface area contributed by atoms with Crippen LogP contribution in [0.1, 0.15) is 37.3 Å². The molecule has 1 aromatic rings. The highest BCUT2D eigenvalue weighted by atomic mass is 35.5. The van der Waals surface area contributed by atoms with Gasteiger partial charge in [-0.05, 0) is 55.4 Å². The van der Waals surface area contributed by atoms with Gasteiger partial charge in [0.15, 0.2) is 0 Å². The highest BCUT2D eigenvalue weighted by Crippen LogP contribution is 2.34. The van der Waals surface area contributed by atoms with Crippen LogP contribution in [0, 0.1) is 5.92 Å². The lowest BCUT2D eigenvalue weighted by molar-refractivity contribution is 0.421. The standard InChI is InChI=1S/C15H20ClN/c1-10(6-11-2-3-11)17-15-8-12-4-5-14(16)7-13(12)9-15/h4-5,7,10-11,15,17H,2-3,6,8-9H2,1H3. The van der Waals surface area contributed by atoms with Gasteiger partial charge in [0.2, 0.25) is 0 Å². The Labute approximate surface area is 109 Å². The summed E-state index contributed by atoms with van der Waals surface area (Å²) in [6.45, 7) is 2.33. The third kappa shape index (κ3) is 2.83. The van der Waals surface area contributed by atoms with Crippen molar-refractivity contribution < 1.29 is 0 Å². The Morgan fingerprint density at radius 3 is 2.82 bits per heavy atom. The molecule has 1 N–H and O–H groups in total. The third-order valence-electron chi connectivity index (χ3n) is 4.00. The topological polar surface area (TPSA) is 12.0 Å². The molecule has 0 aliphatic heterocycles. The summed E-state index contributed by atoms with van der Waals surface area (Å²) in [4.78, 5) is 0. The van der Waals surface area contributed by atoms with Crippen LogP contribution in [-0.4, -0.2) is 12.1 Å². The van der Waals surface area contributed by atoms with E-state index in [0.717, 1.165) is 17.4 Å². The molecule has 92 valence electrons. The SMILES string of the molecule is CC(CC1CC1)NC1Cc2ccc(Cl)cc2C1. The van der Waals surface area contributed by atoms with Gasteiger partial charge in [-0.3, -0.25) is 0 Å². The zero-order chi connectivity index (χ0) is 11.8. The van der Waals surface area contributed by atoms with Gasteiger partial charge in [0.1, 0.15) is 0 Å². The summed E-state index contributed by atoms with van der Waals surface area (Å²) in [7, 11) is 0. The first-order valence-corrected chi connectivity index (χ1v) is 7.12. The normalized spacial score (nSPS) is 24.7. The van der Waals surface area contributed by atoms with Crippen molar-refractivity contribution in [3.8, 4) is 0 Å². The maximum Gasteiger partial charge on any atom is 0.0408 e. The van der Waals surface area contributed by atoms with Gasteiger partial charge in [0.05, 0.1) is 0 Å². The van der Waals surface area contributed by atoms with E-state index in [1.165, 1.54) is 36.8 Å². The molecule has 0 spiro atoms. The number of hydrogen-bond acceptors (Lipinski definition) is 1. The zero-order valence-corrected chi connectivity index (χ0v) is 11.1. The van der Waals surface area contributed by atoms with Crippen LogP contribution in [-0.2, 0) is 12.8 Å². The van der Waals surface area contributed by atoms with E-state index in [0.29, 0.717) is 12.1 Å². The molecule has 1 nitrogen and oxygen atoms in total. The molecule has 2 aliphatic carbocycles. The minimum absolute atomic E-state index is 0.622. The van der Waals surface area contributed by atoms with Crippen molar-refractivity contribution in [2.75, 3.05) is 0 Å². The van der Waals surface area contributed by atoms with E-state index in [-0.39, 0.29) is 0 Å². The lowest BCUT2D eigenvalue weighted by atomic mass is 10.1. The number of rotatable bonds is 4. The molecule has 2 aliphatic rings. The molecule has 1 fully saturated rings. The van der Waals surface area contributed by atoms with Crippen LogP contribution in [0.4, 0.5) is 0 Å². The van der Waals surface area contributed by atoms with E-state index >= 15 is 0 Å². The molecular formula is C15H20ClN. The number of halogens is 1. The van der Waals surface area contributed by atoms with Crippen LogP contribution in [0.15, 0.2) is 18.2 Å². The summed E-state index contributed by atoms with van der Waals surface area (Å²) in [5, 5.41) is 4.64. The minimum Gasteiger partial charge on any atom is -0.311 e. The molecular weight excluding hydrogens is 230 g/mol. The van der Waals surface area contributed by atoms with Crippen molar-refractivity contribution in [1.29, 1.82) is 0 Å². The predicted octanol–water partition coefficient (Wildman–Crippen LogP) is 3.59. The number of hydrogen-bond donors (Lipinski definition) is 1. The van der Waals surface area contributed by atoms with E-state index in [1.54, 1.807) is 0 Å². The molecule has 0 aromatic heterocycles. The van der Waals surface area contributed by atoms with Gasteiger partial charge in [-0.25, -0.2) is 0 Å². The molecule has 2 unspecified atom stereocenters. The summed E-state index contributed by atoms with van der Waals surface area (Å²) >= 11 is 6.03. The maximum atomic E-state index is 6.03. The Morgan fingerprint density at radius 1 is 1.29 bits per heavy atom. The lowest BCUT2D eigenvalue weighted by Crippen LogP contribution is -2.37. The van der Waals surface area contributed by atoms with Crippen LogP contribution >= 0.6 is 11.6 Å². The summed E-state index contributed by atoms with van der Waals surface area (Å²) in [6.07, 6.45) is 6.57. The Bertz CT molecular complexity index is 411. The number of fused-ring (bicyclic) bond motifs is 1. The molecule has 17 heavy (non-hydrogen) atoms. The monoisotopic (exact) mass is 249 g/mol. The number of benzene rings is 1. The van der Waals surface area contributed by atoms with Crippen molar-refractivity contribution in [2.45, 2.75) is 51.1 Å². The van der Waals surface area contributed by atoms with Crippen LogP contribution in [0.25, 0.3) is 0 Å². The molecule has 0 bridgehead atoms. The van der Waals surface area contributed by atoms with E-state index < -0.39 is 0 Å². The first-order valence-electron chi connectivity index (χ1n) is 6.74. The van der Waals surface area contributed by atoms with E-state index in [1.807, 2.05) is 6.07 Å². The first kappa shape index (κ1) is 11.6. The fourth-order valence-corrected chi connectivity index (χ4v) is 3.22. The van der Waals surface area contributed by atoms with E-state index in [4.69, 9.17) is 11.6 Å². The van der Waals surface area contributed by atoms with Gasteiger partial charge in [-0.15, -0.1) is 0 Å². The van der Waals surface area contributed by atoms with Crippen molar-refractivity contribution in [3.05, 3.63) is 34.3 Å². The second kappa shape index (κ2) is 4.62. The third-order valence-corrected chi connectivity index (χ3v) is 4.24. The molecule has 0 heterocycles. The largest absolute Gasteiger partial charge is 0.311 e. The Kier molecular flexibility index (Phi) is 3.14. The Balaban J connectivity index is 1.57. The van der Waals surface area contributed by atoms with Gasteiger partial charge in [-0.1, -0.05) is 30.5 Å². The fourth-order valence-electron chi connectivity index (χ4n) is 3.03. The fraction of sp³-hybridized carbons (Fsp3) is 0.600. The van der Waals surface area contributed by atoms with Gasteiger partial charge in [0.25, 0.3) is 0 Å². The quantitative estimate of drug-likeness (QED) is 0.860. The molecule has 2 heteroatoms. The summed E-state index contributed by atoms with van der Waals surface area (Å²) in [5.41, 5.74) is 2.92. The second-order valence-corrected chi connectivity index (χ2v) is 6.20. The van der Waals surface area contributed by atoms with Gasteiger partial charge >= 0.3 is 0 Å². The van der Waals surface area contributed by atoms with Crippen LogP contribution in [0.5, 0.6) is 0 Å². The molecule has 0 radical (unpaired) electrons. The highest BCUT2D eigenvalue weighted by Gasteiger charge is 2.27. The van der Waals surface area contributed by atoms with Crippen LogP contribution < -0.4 is 5.32 Å². The van der Waals surface area contributed by atoms with Crippen LogP contribution in [0.3, 0.4) is 0 Å². The van der Waals surface area contributed by atoms with Crippen molar-refractivity contribution in [1.82, 2.24) is 5.32 Å². The highest BCUT2D eigenvalue weighted by molar-refractivity contribution is 6.30. The number of nitrogens with one attached hydrogen (secondary N) is 1. The average Bonchev–Trinajstić information content (AvgIpc) is 2.97. The average molecular weight is 250 g/mol. The summed E-state index contributed by atoms with van der Waals surface area (Å²) in [5.74, 6) is 1.01. The zero-order valence-electron chi connectivity index (χ0n) is 10.4. The minimum atomic E-state index is 0.622. The predicted molar refractivity (Wildman–Crippen MR) is 72.6 cm³/mol. The van der Waals surface area contributed by atoms with Crippen molar-refractivity contribution >= 4 is 11.6 Å². The van der Waals surface area contributed by atoms with Gasteiger partial charge < -0.3 is 5.32 Å². The Hall–Kier alpha value is -0.530. The second-order valence-electron chi connectivity index (χ2n) is 5.76. The Morgan fingerprint density at radius 2 is 2.06 bits per heavy atom. The lowest BCUT2D eigenvalue weighted by Gasteiger charge is -2.18. The molecule has 1 aromatic carbocycles.